The van der Waals surface area contributed by atoms with Crippen molar-refractivity contribution in [3.8, 4) is 6.19 Å². The van der Waals surface area contributed by atoms with Crippen molar-refractivity contribution >= 4 is 23.4 Å². The lowest BCUT2D eigenvalue weighted by atomic mass is 10.0. The lowest BCUT2D eigenvalue weighted by Crippen LogP contribution is -2.54. The maximum atomic E-state index is 14.1. The van der Waals surface area contributed by atoms with E-state index in [-0.39, 0.29) is 17.8 Å². The zero-order valence-corrected chi connectivity index (χ0v) is 18.8. The number of nitriles is 1. The highest BCUT2D eigenvalue weighted by atomic mass is 19.1. The van der Waals surface area contributed by atoms with Gasteiger partial charge in [-0.25, -0.2) is 9.18 Å². The van der Waals surface area contributed by atoms with Crippen LogP contribution in [-0.2, 0) is 0 Å². The number of guanidine groups is 1. The summed E-state index contributed by atoms with van der Waals surface area (Å²) in [5.74, 6) is -0.0662. The topological polar surface area (TPSA) is 83.8 Å². The number of amides is 2. The van der Waals surface area contributed by atoms with Gasteiger partial charge in [-0.2, -0.15) is 5.26 Å². The summed E-state index contributed by atoms with van der Waals surface area (Å²) in [7, 11) is 0. The van der Waals surface area contributed by atoms with Gasteiger partial charge < -0.3 is 20.4 Å². The van der Waals surface area contributed by atoms with Crippen molar-refractivity contribution in [2.75, 3.05) is 30.3 Å². The number of nitrogens with one attached hydrogen (secondary N) is 2. The first-order valence-electron chi connectivity index (χ1n) is 11.0. The highest BCUT2D eigenvalue weighted by Gasteiger charge is 2.33. The largest absolute Gasteiger partial charge is 0.338 e. The molecular formula is C26H25FN6O. The van der Waals surface area contributed by atoms with E-state index in [9.17, 15) is 14.4 Å². The van der Waals surface area contributed by atoms with Crippen LogP contribution in [0.2, 0.25) is 0 Å². The molecule has 3 aromatic rings. The van der Waals surface area contributed by atoms with Crippen LogP contribution in [0.1, 0.15) is 17.2 Å². The van der Waals surface area contributed by atoms with Gasteiger partial charge >= 0.3 is 6.03 Å². The van der Waals surface area contributed by atoms with Crippen molar-refractivity contribution < 1.29 is 9.18 Å². The second-order valence-corrected chi connectivity index (χ2v) is 7.95. The van der Waals surface area contributed by atoms with E-state index in [1.54, 1.807) is 17.0 Å². The van der Waals surface area contributed by atoms with Crippen LogP contribution in [0.5, 0.6) is 0 Å². The maximum Gasteiger partial charge on any atom is 0.322 e. The number of benzene rings is 3. The summed E-state index contributed by atoms with van der Waals surface area (Å²) in [6.07, 6.45) is 1.88. The Bertz CT molecular complexity index is 1220. The van der Waals surface area contributed by atoms with Gasteiger partial charge in [0.05, 0.1) is 11.7 Å². The first-order chi connectivity index (χ1) is 16.6. The first kappa shape index (κ1) is 22.8. The van der Waals surface area contributed by atoms with Crippen LogP contribution < -0.4 is 10.6 Å². The number of para-hydroxylation sites is 2. The first-order valence-corrected chi connectivity index (χ1v) is 11.0. The molecule has 1 heterocycles. The molecule has 172 valence electrons. The van der Waals surface area contributed by atoms with Gasteiger partial charge in [0, 0.05) is 25.3 Å². The molecule has 7 nitrogen and oxygen atoms in total. The van der Waals surface area contributed by atoms with Crippen molar-refractivity contribution in [2.45, 2.75) is 13.0 Å². The van der Waals surface area contributed by atoms with Gasteiger partial charge in [-0.3, -0.25) is 0 Å². The third-order valence-electron chi connectivity index (χ3n) is 5.79. The van der Waals surface area contributed by atoms with E-state index >= 15 is 0 Å². The lowest BCUT2D eigenvalue weighted by Gasteiger charge is -2.42. The average molecular weight is 457 g/mol. The van der Waals surface area contributed by atoms with Gasteiger partial charge in [0.2, 0.25) is 12.2 Å². The fourth-order valence-corrected chi connectivity index (χ4v) is 3.99. The van der Waals surface area contributed by atoms with E-state index in [1.807, 2.05) is 72.6 Å². The molecular weight excluding hydrogens is 431 g/mol. The molecule has 1 fully saturated rings. The minimum absolute atomic E-state index is 0.134. The molecule has 4 rings (SSSR count). The monoisotopic (exact) mass is 456 g/mol. The summed E-state index contributed by atoms with van der Waals surface area (Å²) in [6, 6.07) is 22.8. The molecule has 0 radical (unpaired) electrons. The van der Waals surface area contributed by atoms with Crippen LogP contribution in [0.15, 0.2) is 83.9 Å². The normalized spacial score (nSPS) is 16.0. The van der Waals surface area contributed by atoms with Gasteiger partial charge in [0.15, 0.2) is 0 Å². The average Bonchev–Trinajstić information content (AvgIpc) is 2.86. The van der Waals surface area contributed by atoms with Crippen LogP contribution >= 0.6 is 0 Å². The molecule has 0 aliphatic carbocycles. The zero-order chi connectivity index (χ0) is 23.9. The Kier molecular flexibility index (Phi) is 7.04. The van der Waals surface area contributed by atoms with Crippen molar-refractivity contribution in [2.24, 2.45) is 4.99 Å². The van der Waals surface area contributed by atoms with Crippen LogP contribution in [0.25, 0.3) is 0 Å². The van der Waals surface area contributed by atoms with E-state index < -0.39 is 5.82 Å². The standard InChI is InChI=1S/C26H25FN6O/c1-19-9-5-7-13-22(19)30-25(29-18-28)32-15-16-33(24(17-32)20-10-3-2-4-11-20)26(34)31-23-14-8-6-12-21(23)27/h2-14,24H,15-17H2,1H3,(H,29,30)(H,31,34). The Morgan fingerprint density at radius 3 is 2.35 bits per heavy atom. The summed E-state index contributed by atoms with van der Waals surface area (Å²) in [5, 5.41) is 15.3. The lowest BCUT2D eigenvalue weighted by molar-refractivity contribution is 0.136. The highest BCUT2D eigenvalue weighted by Crippen LogP contribution is 2.27. The predicted molar refractivity (Wildman–Crippen MR) is 131 cm³/mol. The number of rotatable bonds is 3. The van der Waals surface area contributed by atoms with Gasteiger partial charge in [-0.05, 0) is 36.2 Å². The van der Waals surface area contributed by atoms with E-state index in [0.717, 1.165) is 16.8 Å². The molecule has 34 heavy (non-hydrogen) atoms. The summed E-state index contributed by atoms with van der Waals surface area (Å²) < 4.78 is 14.1. The Balaban J connectivity index is 1.59. The summed E-state index contributed by atoms with van der Waals surface area (Å²) in [5.41, 5.74) is 2.95. The number of carbonyl (C=O) groups is 1. The minimum atomic E-state index is -0.489. The fraction of sp³-hybridized carbons (Fsp3) is 0.192. The number of halogens is 1. The van der Waals surface area contributed by atoms with E-state index in [4.69, 9.17) is 0 Å². The third-order valence-corrected chi connectivity index (χ3v) is 5.79. The maximum absolute atomic E-state index is 14.1. The van der Waals surface area contributed by atoms with Gasteiger partial charge in [0.1, 0.15) is 5.82 Å². The predicted octanol–water partition coefficient (Wildman–Crippen LogP) is 4.97. The number of nitrogens with zero attached hydrogens (tertiary/aromatic N) is 4. The number of hydrogen-bond acceptors (Lipinski definition) is 3. The van der Waals surface area contributed by atoms with Crippen molar-refractivity contribution in [1.29, 1.82) is 5.26 Å². The number of aliphatic imine (C=N–C) groups is 1. The van der Waals surface area contributed by atoms with Crippen LogP contribution in [0.3, 0.4) is 0 Å². The number of piperazine rings is 1. The summed E-state index contributed by atoms with van der Waals surface area (Å²) in [6.45, 7) is 3.20. The quantitative estimate of drug-likeness (QED) is 0.331. The van der Waals surface area contributed by atoms with Crippen molar-refractivity contribution in [3.63, 3.8) is 0 Å². The zero-order valence-electron chi connectivity index (χ0n) is 18.8. The Labute approximate surface area is 198 Å². The van der Waals surface area contributed by atoms with Crippen LogP contribution in [-0.4, -0.2) is 41.4 Å². The van der Waals surface area contributed by atoms with Gasteiger partial charge in [-0.15, -0.1) is 4.99 Å². The Morgan fingerprint density at radius 2 is 1.65 bits per heavy atom. The van der Waals surface area contributed by atoms with Crippen molar-refractivity contribution in [3.05, 3.63) is 95.8 Å². The molecule has 2 N–H and O–H groups in total. The molecule has 3 aromatic carbocycles. The second kappa shape index (κ2) is 10.5. The van der Waals surface area contributed by atoms with Crippen LogP contribution in [0.4, 0.5) is 20.6 Å². The van der Waals surface area contributed by atoms with Gasteiger partial charge in [0.25, 0.3) is 0 Å². The number of urea groups is 1. The molecule has 1 unspecified atom stereocenters. The molecule has 1 saturated heterocycles. The highest BCUT2D eigenvalue weighted by molar-refractivity contribution is 5.95. The second-order valence-electron chi connectivity index (χ2n) is 7.95. The number of carbonyl (C=O) groups excluding carboxylic acids is 1. The van der Waals surface area contributed by atoms with E-state index in [0.29, 0.717) is 25.6 Å². The fourth-order valence-electron chi connectivity index (χ4n) is 3.99. The molecule has 1 atom stereocenters. The number of aryl methyl sites for hydroxylation is 1. The Hall–Kier alpha value is -4.38. The number of hydrogen-bond donors (Lipinski definition) is 2. The number of anilines is 2. The van der Waals surface area contributed by atoms with Gasteiger partial charge in [-0.1, -0.05) is 60.7 Å². The molecule has 1 aliphatic heterocycles. The summed E-state index contributed by atoms with van der Waals surface area (Å²) in [4.78, 5) is 20.9. The smallest absolute Gasteiger partial charge is 0.322 e. The molecule has 0 saturated carbocycles. The van der Waals surface area contributed by atoms with E-state index in [2.05, 4.69) is 15.6 Å². The summed E-state index contributed by atoms with van der Waals surface area (Å²) >= 11 is 0. The van der Waals surface area contributed by atoms with Crippen LogP contribution in [0, 0.1) is 24.2 Å². The molecule has 1 aliphatic rings. The third kappa shape index (κ3) is 5.15. The van der Waals surface area contributed by atoms with Crippen molar-refractivity contribution in [1.82, 2.24) is 9.80 Å². The molecule has 2 amide bonds. The molecule has 0 spiro atoms. The molecule has 0 aromatic heterocycles. The Morgan fingerprint density at radius 1 is 0.971 bits per heavy atom. The minimum Gasteiger partial charge on any atom is -0.338 e. The molecule has 0 bridgehead atoms. The van der Waals surface area contributed by atoms with E-state index in [1.165, 1.54) is 12.1 Å². The molecule has 8 heteroatoms. The SMILES string of the molecule is Cc1ccccc1N/C(=N/C#N)N1CCN(C(=O)Nc2ccccc2F)C(c2ccccc2)C1.